The number of carbonyl (C=O) groups excluding carboxylic acids is 2. The standard InChI is InChI=1S/C11H10N2O3S/c1-16-11(15)10-9(12)8-6(13-5-14)3-2-4-7(8)17-10/h2-5H,12H2,1H3,(H,13,14). The predicted octanol–water partition coefficient (Wildman–Crippen LogP) is 1.84. The number of esters is 1. The first kappa shape index (κ1) is 11.4. The minimum absolute atomic E-state index is 0.335. The van der Waals surface area contributed by atoms with Crippen LogP contribution < -0.4 is 11.1 Å². The third-order valence-corrected chi connectivity index (χ3v) is 3.49. The van der Waals surface area contributed by atoms with Gasteiger partial charge in [-0.25, -0.2) is 4.79 Å². The van der Waals surface area contributed by atoms with Crippen LogP contribution in [0.5, 0.6) is 0 Å². The van der Waals surface area contributed by atoms with Crippen molar-refractivity contribution in [1.82, 2.24) is 0 Å². The first-order valence-electron chi connectivity index (χ1n) is 4.78. The van der Waals surface area contributed by atoms with Crippen LogP contribution in [0.15, 0.2) is 18.2 Å². The number of nitrogens with one attached hydrogen (secondary N) is 1. The van der Waals surface area contributed by atoms with Gasteiger partial charge in [0.05, 0.1) is 18.5 Å². The van der Waals surface area contributed by atoms with E-state index in [0.717, 1.165) is 4.70 Å². The van der Waals surface area contributed by atoms with Crippen molar-refractivity contribution in [3.05, 3.63) is 23.1 Å². The van der Waals surface area contributed by atoms with Crippen molar-refractivity contribution < 1.29 is 14.3 Å². The molecule has 0 saturated carbocycles. The summed E-state index contributed by atoms with van der Waals surface area (Å²) in [5, 5.41) is 3.23. The zero-order valence-corrected chi connectivity index (χ0v) is 9.84. The van der Waals surface area contributed by atoms with Gasteiger partial charge < -0.3 is 15.8 Å². The maximum atomic E-state index is 11.5. The third-order valence-electron chi connectivity index (χ3n) is 2.34. The first-order valence-corrected chi connectivity index (χ1v) is 5.60. The van der Waals surface area contributed by atoms with Crippen LogP contribution >= 0.6 is 11.3 Å². The van der Waals surface area contributed by atoms with Crippen LogP contribution in [0.4, 0.5) is 11.4 Å². The molecular weight excluding hydrogens is 240 g/mol. The largest absolute Gasteiger partial charge is 0.465 e. The van der Waals surface area contributed by atoms with E-state index < -0.39 is 5.97 Å². The van der Waals surface area contributed by atoms with Crippen molar-refractivity contribution in [1.29, 1.82) is 0 Å². The number of methoxy groups -OCH3 is 1. The highest BCUT2D eigenvalue weighted by molar-refractivity contribution is 7.21. The van der Waals surface area contributed by atoms with Gasteiger partial charge in [0.15, 0.2) is 0 Å². The number of thiophene rings is 1. The number of anilines is 2. The molecule has 0 bridgehead atoms. The van der Waals surface area contributed by atoms with Gasteiger partial charge >= 0.3 is 5.97 Å². The molecule has 0 spiro atoms. The van der Waals surface area contributed by atoms with E-state index in [9.17, 15) is 9.59 Å². The number of carbonyl (C=O) groups is 2. The summed E-state index contributed by atoms with van der Waals surface area (Å²) in [5.41, 5.74) is 6.82. The molecule has 17 heavy (non-hydrogen) atoms. The molecule has 2 aromatic rings. The Bertz CT molecular complexity index is 592. The second-order valence-electron chi connectivity index (χ2n) is 3.28. The van der Waals surface area contributed by atoms with Crippen molar-refractivity contribution in [2.45, 2.75) is 0 Å². The third kappa shape index (κ3) is 1.83. The molecule has 0 aliphatic carbocycles. The molecule has 1 amide bonds. The minimum atomic E-state index is -0.472. The lowest BCUT2D eigenvalue weighted by Gasteiger charge is -2.02. The number of fused-ring (bicyclic) bond motifs is 1. The topological polar surface area (TPSA) is 81.4 Å². The van der Waals surface area contributed by atoms with E-state index in [1.807, 2.05) is 6.07 Å². The van der Waals surface area contributed by atoms with Gasteiger partial charge in [-0.05, 0) is 12.1 Å². The fourth-order valence-corrected chi connectivity index (χ4v) is 2.67. The van der Waals surface area contributed by atoms with Crippen LogP contribution in [-0.2, 0) is 9.53 Å². The van der Waals surface area contributed by atoms with Gasteiger partial charge in [-0.2, -0.15) is 0 Å². The Morgan fingerprint density at radius 1 is 1.53 bits per heavy atom. The van der Waals surface area contributed by atoms with Gasteiger partial charge in [-0.3, -0.25) is 4.79 Å². The molecule has 1 aromatic heterocycles. The summed E-state index contributed by atoms with van der Waals surface area (Å²) in [5.74, 6) is -0.472. The van der Waals surface area contributed by atoms with Crippen molar-refractivity contribution >= 4 is 45.2 Å². The Morgan fingerprint density at radius 2 is 2.29 bits per heavy atom. The van der Waals surface area contributed by atoms with E-state index in [-0.39, 0.29) is 0 Å². The summed E-state index contributed by atoms with van der Waals surface area (Å²) in [6.07, 6.45) is 0.573. The predicted molar refractivity (Wildman–Crippen MR) is 67.3 cm³/mol. The fourth-order valence-electron chi connectivity index (χ4n) is 1.60. The molecule has 0 atom stereocenters. The number of nitrogen functional groups attached to an aromatic ring is 1. The van der Waals surface area contributed by atoms with Gasteiger partial charge in [-0.15, -0.1) is 11.3 Å². The van der Waals surface area contributed by atoms with Crippen LogP contribution in [0.25, 0.3) is 10.1 Å². The maximum Gasteiger partial charge on any atom is 0.350 e. The molecule has 6 heteroatoms. The van der Waals surface area contributed by atoms with Crippen molar-refractivity contribution in [2.24, 2.45) is 0 Å². The highest BCUT2D eigenvalue weighted by atomic mass is 32.1. The van der Waals surface area contributed by atoms with E-state index in [2.05, 4.69) is 10.1 Å². The lowest BCUT2D eigenvalue weighted by atomic mass is 10.2. The lowest BCUT2D eigenvalue weighted by molar-refractivity contribution is -0.105. The number of ether oxygens (including phenoxy) is 1. The second-order valence-corrected chi connectivity index (χ2v) is 4.33. The van der Waals surface area contributed by atoms with E-state index >= 15 is 0 Å². The summed E-state index contributed by atoms with van der Waals surface area (Å²) in [6, 6.07) is 5.34. The van der Waals surface area contributed by atoms with E-state index in [4.69, 9.17) is 5.73 Å². The van der Waals surface area contributed by atoms with Crippen LogP contribution in [-0.4, -0.2) is 19.5 Å². The maximum absolute atomic E-state index is 11.5. The summed E-state index contributed by atoms with van der Waals surface area (Å²) in [7, 11) is 1.30. The van der Waals surface area contributed by atoms with E-state index in [1.165, 1.54) is 18.4 Å². The summed E-state index contributed by atoms with van der Waals surface area (Å²) < 4.78 is 5.48. The number of benzene rings is 1. The molecule has 1 aromatic carbocycles. The normalized spacial score (nSPS) is 10.2. The molecule has 0 aliphatic rings. The van der Waals surface area contributed by atoms with Crippen LogP contribution in [0.2, 0.25) is 0 Å². The second kappa shape index (κ2) is 4.42. The smallest absolute Gasteiger partial charge is 0.350 e. The first-order chi connectivity index (χ1) is 8.19. The fraction of sp³-hybridized carbons (Fsp3) is 0.0909. The molecule has 0 saturated heterocycles. The van der Waals surface area contributed by atoms with Gasteiger partial charge in [0.2, 0.25) is 6.41 Å². The molecular formula is C11H10N2O3S. The number of amides is 1. The van der Waals surface area contributed by atoms with Crippen molar-refractivity contribution in [2.75, 3.05) is 18.2 Å². The summed E-state index contributed by atoms with van der Waals surface area (Å²) in [6.45, 7) is 0. The van der Waals surface area contributed by atoms with E-state index in [1.54, 1.807) is 12.1 Å². The highest BCUT2D eigenvalue weighted by Crippen LogP contribution is 2.38. The van der Waals surface area contributed by atoms with Gasteiger partial charge in [-0.1, -0.05) is 6.07 Å². The molecule has 0 radical (unpaired) electrons. The van der Waals surface area contributed by atoms with Crippen molar-refractivity contribution in [3.8, 4) is 0 Å². The zero-order valence-electron chi connectivity index (χ0n) is 9.02. The lowest BCUT2D eigenvalue weighted by Crippen LogP contribution is -2.02. The van der Waals surface area contributed by atoms with E-state index in [0.29, 0.717) is 28.0 Å². The van der Waals surface area contributed by atoms with Gasteiger partial charge in [0.25, 0.3) is 0 Å². The van der Waals surface area contributed by atoms with Crippen LogP contribution in [0.3, 0.4) is 0 Å². The van der Waals surface area contributed by atoms with Crippen LogP contribution in [0.1, 0.15) is 9.67 Å². The molecule has 0 aliphatic heterocycles. The molecule has 5 nitrogen and oxygen atoms in total. The Morgan fingerprint density at radius 3 is 2.94 bits per heavy atom. The monoisotopic (exact) mass is 250 g/mol. The molecule has 0 unspecified atom stereocenters. The summed E-state index contributed by atoms with van der Waals surface area (Å²) >= 11 is 1.24. The van der Waals surface area contributed by atoms with Gasteiger partial charge in [0.1, 0.15) is 4.88 Å². The Kier molecular flexibility index (Phi) is 2.97. The summed E-state index contributed by atoms with van der Waals surface area (Å²) in [4.78, 5) is 22.3. The average Bonchev–Trinajstić information content (AvgIpc) is 2.67. The molecule has 3 N–H and O–H groups in total. The molecule has 2 rings (SSSR count). The Hall–Kier alpha value is -2.08. The number of hydrogen-bond acceptors (Lipinski definition) is 5. The minimum Gasteiger partial charge on any atom is -0.465 e. The Labute approximate surface area is 101 Å². The molecule has 1 heterocycles. The Balaban J connectivity index is 2.69. The van der Waals surface area contributed by atoms with Crippen molar-refractivity contribution in [3.63, 3.8) is 0 Å². The zero-order chi connectivity index (χ0) is 12.4. The number of nitrogens with two attached hydrogens (primary N) is 1. The quantitative estimate of drug-likeness (QED) is 0.643. The van der Waals surface area contributed by atoms with Crippen LogP contribution in [0, 0.1) is 0 Å². The number of hydrogen-bond donors (Lipinski definition) is 2. The number of rotatable bonds is 3. The molecule has 0 fully saturated rings. The highest BCUT2D eigenvalue weighted by Gasteiger charge is 2.18. The SMILES string of the molecule is COC(=O)c1sc2cccc(NC=O)c2c1N. The van der Waals surface area contributed by atoms with Gasteiger partial charge in [0, 0.05) is 10.1 Å². The molecule has 88 valence electrons. The average molecular weight is 250 g/mol.